The number of rotatable bonds is 3. The molecule has 0 aromatic carbocycles. The van der Waals surface area contributed by atoms with E-state index in [4.69, 9.17) is 4.74 Å². The summed E-state index contributed by atoms with van der Waals surface area (Å²) < 4.78 is 6.45. The van der Waals surface area contributed by atoms with Gasteiger partial charge in [0.1, 0.15) is 0 Å². The fourth-order valence-electron chi connectivity index (χ4n) is 2.36. The van der Waals surface area contributed by atoms with Gasteiger partial charge in [0, 0.05) is 24.6 Å². The molecule has 0 saturated carbocycles. The predicted molar refractivity (Wildman–Crippen MR) is 80.5 cm³/mol. The summed E-state index contributed by atoms with van der Waals surface area (Å²) in [6, 6.07) is 4.27. The molecule has 106 valence electrons. The van der Waals surface area contributed by atoms with E-state index in [1.807, 2.05) is 17.0 Å². The van der Waals surface area contributed by atoms with Gasteiger partial charge in [0.2, 0.25) is 0 Å². The number of halogens is 1. The first-order valence-electron chi connectivity index (χ1n) is 6.41. The molecule has 0 spiro atoms. The van der Waals surface area contributed by atoms with Gasteiger partial charge >= 0.3 is 6.03 Å². The average Bonchev–Trinajstić information content (AvgIpc) is 2.81. The molecule has 1 aromatic rings. The Bertz CT molecular complexity index is 438. The number of carbonyl (C=O) groups is 1. The zero-order valence-corrected chi connectivity index (χ0v) is 13.6. The number of carbonyl (C=O) groups excluding carboxylic acids is 1. The van der Waals surface area contributed by atoms with Gasteiger partial charge in [0.15, 0.2) is 0 Å². The van der Waals surface area contributed by atoms with Crippen LogP contribution in [-0.4, -0.2) is 36.7 Å². The summed E-state index contributed by atoms with van der Waals surface area (Å²) in [6.07, 6.45) is 2.11. The molecule has 0 aliphatic carbocycles. The van der Waals surface area contributed by atoms with Gasteiger partial charge in [0.25, 0.3) is 0 Å². The van der Waals surface area contributed by atoms with Crippen LogP contribution in [-0.2, 0) is 11.3 Å². The number of thiophene rings is 1. The first kappa shape index (κ1) is 14.8. The summed E-state index contributed by atoms with van der Waals surface area (Å²) in [5.74, 6) is 0. The van der Waals surface area contributed by atoms with Gasteiger partial charge in [-0.05, 0) is 47.8 Å². The lowest BCUT2D eigenvalue weighted by Gasteiger charge is -2.37. The van der Waals surface area contributed by atoms with E-state index in [0.29, 0.717) is 6.54 Å². The van der Waals surface area contributed by atoms with Crippen molar-refractivity contribution in [3.8, 4) is 0 Å². The minimum Gasteiger partial charge on any atom is -0.381 e. The predicted octanol–water partition coefficient (Wildman–Crippen LogP) is 3.22. The maximum Gasteiger partial charge on any atom is 0.317 e. The Morgan fingerprint density at radius 1 is 1.63 bits per heavy atom. The van der Waals surface area contributed by atoms with E-state index in [-0.39, 0.29) is 18.2 Å². The summed E-state index contributed by atoms with van der Waals surface area (Å²) in [7, 11) is 1.74. The molecule has 0 bridgehead atoms. The standard InChI is InChI=1S/C13H19BrN2O2S/c1-9-7-10(18-2)5-6-16(9)13(17)15-8-11-3-4-12(14)19-11/h3-4,9-10H,5-8H2,1-2H3,(H,15,17)/t9-,10+/m1/s1. The molecule has 2 heterocycles. The van der Waals surface area contributed by atoms with Crippen LogP contribution in [0.1, 0.15) is 24.6 Å². The number of ether oxygens (including phenoxy) is 1. The molecule has 1 aliphatic heterocycles. The highest BCUT2D eigenvalue weighted by Crippen LogP contribution is 2.22. The second-order valence-corrected chi connectivity index (χ2v) is 7.34. The molecule has 6 heteroatoms. The Morgan fingerprint density at radius 2 is 2.42 bits per heavy atom. The van der Waals surface area contributed by atoms with E-state index in [0.717, 1.165) is 28.0 Å². The monoisotopic (exact) mass is 346 g/mol. The second-order valence-electron chi connectivity index (χ2n) is 4.79. The Morgan fingerprint density at radius 3 is 3.00 bits per heavy atom. The fraction of sp³-hybridized carbons (Fsp3) is 0.615. The van der Waals surface area contributed by atoms with Crippen LogP contribution in [0.25, 0.3) is 0 Å². The minimum absolute atomic E-state index is 0.0200. The van der Waals surface area contributed by atoms with Crippen LogP contribution in [0.3, 0.4) is 0 Å². The number of piperidine rings is 1. The molecule has 2 atom stereocenters. The van der Waals surface area contributed by atoms with Crippen molar-refractivity contribution in [3.05, 3.63) is 20.8 Å². The van der Waals surface area contributed by atoms with Crippen molar-refractivity contribution >= 4 is 33.3 Å². The molecule has 0 unspecified atom stereocenters. The van der Waals surface area contributed by atoms with E-state index in [1.54, 1.807) is 18.4 Å². The Hall–Kier alpha value is -0.590. The Balaban J connectivity index is 1.83. The van der Waals surface area contributed by atoms with Crippen LogP contribution in [0, 0.1) is 0 Å². The number of methoxy groups -OCH3 is 1. The van der Waals surface area contributed by atoms with Crippen molar-refractivity contribution in [2.75, 3.05) is 13.7 Å². The highest BCUT2D eigenvalue weighted by Gasteiger charge is 2.28. The van der Waals surface area contributed by atoms with Gasteiger partial charge in [-0.3, -0.25) is 0 Å². The van der Waals surface area contributed by atoms with E-state index >= 15 is 0 Å². The molecule has 19 heavy (non-hydrogen) atoms. The quantitative estimate of drug-likeness (QED) is 0.912. The number of amides is 2. The molecule has 4 nitrogen and oxygen atoms in total. The SMILES string of the molecule is CO[C@H]1CCN(C(=O)NCc2ccc(Br)s2)[C@H](C)C1. The van der Waals surface area contributed by atoms with Crippen molar-refractivity contribution in [3.63, 3.8) is 0 Å². The number of hydrogen-bond acceptors (Lipinski definition) is 3. The van der Waals surface area contributed by atoms with Crippen molar-refractivity contribution in [1.29, 1.82) is 0 Å². The molecule has 1 N–H and O–H groups in total. The van der Waals surface area contributed by atoms with Crippen molar-refractivity contribution < 1.29 is 9.53 Å². The van der Waals surface area contributed by atoms with Gasteiger partial charge in [-0.1, -0.05) is 0 Å². The maximum atomic E-state index is 12.2. The summed E-state index contributed by atoms with van der Waals surface area (Å²) in [6.45, 7) is 3.43. The molecular formula is C13H19BrN2O2S. The average molecular weight is 347 g/mol. The molecule has 2 rings (SSSR count). The zero-order chi connectivity index (χ0) is 13.8. The molecule has 1 aliphatic rings. The third-order valence-electron chi connectivity index (χ3n) is 3.46. The van der Waals surface area contributed by atoms with E-state index in [2.05, 4.69) is 28.2 Å². The largest absolute Gasteiger partial charge is 0.381 e. The summed E-state index contributed by atoms with van der Waals surface area (Å²) in [5, 5.41) is 2.98. The fourth-order valence-corrected chi connectivity index (χ4v) is 3.78. The first-order chi connectivity index (χ1) is 9.10. The van der Waals surface area contributed by atoms with Gasteiger partial charge in [-0.15, -0.1) is 11.3 Å². The van der Waals surface area contributed by atoms with Crippen LogP contribution in [0.15, 0.2) is 15.9 Å². The number of hydrogen-bond donors (Lipinski definition) is 1. The molecule has 2 amide bonds. The number of likely N-dealkylation sites (tertiary alicyclic amines) is 1. The Kier molecular flexibility index (Phi) is 5.24. The van der Waals surface area contributed by atoms with Gasteiger partial charge in [-0.25, -0.2) is 4.79 Å². The van der Waals surface area contributed by atoms with Crippen LogP contribution >= 0.6 is 27.3 Å². The van der Waals surface area contributed by atoms with Crippen molar-refractivity contribution in [2.45, 2.75) is 38.5 Å². The van der Waals surface area contributed by atoms with Crippen LogP contribution in [0.5, 0.6) is 0 Å². The highest BCUT2D eigenvalue weighted by molar-refractivity contribution is 9.11. The van der Waals surface area contributed by atoms with Crippen molar-refractivity contribution in [1.82, 2.24) is 10.2 Å². The second kappa shape index (κ2) is 6.72. The number of nitrogens with zero attached hydrogens (tertiary/aromatic N) is 1. The van der Waals surface area contributed by atoms with Crippen molar-refractivity contribution in [2.24, 2.45) is 0 Å². The van der Waals surface area contributed by atoms with Crippen LogP contribution in [0.2, 0.25) is 0 Å². The summed E-state index contributed by atoms with van der Waals surface area (Å²) in [5.41, 5.74) is 0. The summed E-state index contributed by atoms with van der Waals surface area (Å²) in [4.78, 5) is 15.2. The van der Waals surface area contributed by atoms with E-state index in [9.17, 15) is 4.79 Å². The summed E-state index contributed by atoms with van der Waals surface area (Å²) >= 11 is 5.07. The highest BCUT2D eigenvalue weighted by atomic mass is 79.9. The normalized spacial score (nSPS) is 23.4. The first-order valence-corrected chi connectivity index (χ1v) is 8.02. The minimum atomic E-state index is 0.0200. The van der Waals surface area contributed by atoms with Crippen LogP contribution < -0.4 is 5.32 Å². The number of urea groups is 1. The molecular weight excluding hydrogens is 328 g/mol. The third kappa shape index (κ3) is 3.94. The lowest BCUT2D eigenvalue weighted by atomic mass is 10.0. The van der Waals surface area contributed by atoms with E-state index in [1.165, 1.54) is 0 Å². The van der Waals surface area contributed by atoms with Gasteiger partial charge in [-0.2, -0.15) is 0 Å². The Labute approximate surface area is 126 Å². The zero-order valence-electron chi connectivity index (χ0n) is 11.2. The third-order valence-corrected chi connectivity index (χ3v) is 5.09. The molecule has 1 aromatic heterocycles. The lowest BCUT2D eigenvalue weighted by Crippen LogP contribution is -2.50. The number of nitrogens with one attached hydrogen (secondary N) is 1. The van der Waals surface area contributed by atoms with Gasteiger partial charge in [0.05, 0.1) is 16.4 Å². The van der Waals surface area contributed by atoms with Crippen LogP contribution in [0.4, 0.5) is 4.79 Å². The lowest BCUT2D eigenvalue weighted by molar-refractivity contribution is 0.0293. The van der Waals surface area contributed by atoms with E-state index < -0.39 is 0 Å². The molecule has 0 radical (unpaired) electrons. The topological polar surface area (TPSA) is 41.6 Å². The van der Waals surface area contributed by atoms with Gasteiger partial charge < -0.3 is 15.0 Å². The maximum absolute atomic E-state index is 12.2. The smallest absolute Gasteiger partial charge is 0.317 e. The molecule has 1 saturated heterocycles. The molecule has 1 fully saturated rings.